The van der Waals surface area contributed by atoms with Gasteiger partial charge in [-0.3, -0.25) is 4.90 Å². The SMILES string of the molecule is C[C@H](Nc1nc(Cl)cc(N2C(=O)OC[C@@H]2[C@@H](C)O)n1)c1ccc(C(F)F)cc1F. The third-order valence-electron chi connectivity index (χ3n) is 4.48. The van der Waals surface area contributed by atoms with Crippen molar-refractivity contribution >= 4 is 29.5 Å². The molecule has 2 aromatic rings. The van der Waals surface area contributed by atoms with Crippen molar-refractivity contribution in [3.05, 3.63) is 46.4 Å². The summed E-state index contributed by atoms with van der Waals surface area (Å²) < 4.78 is 44.6. The fourth-order valence-corrected chi connectivity index (χ4v) is 3.13. The first-order chi connectivity index (χ1) is 13.7. The lowest BCUT2D eigenvalue weighted by molar-refractivity contribution is 0.142. The Morgan fingerprint density at radius 1 is 1.31 bits per heavy atom. The summed E-state index contributed by atoms with van der Waals surface area (Å²) in [6, 6.07) is 3.15. The van der Waals surface area contributed by atoms with Crippen LogP contribution in [0.3, 0.4) is 0 Å². The summed E-state index contributed by atoms with van der Waals surface area (Å²) in [5.74, 6) is -0.717. The third-order valence-corrected chi connectivity index (χ3v) is 4.67. The van der Waals surface area contributed by atoms with Crippen LogP contribution in [0.2, 0.25) is 5.15 Å². The number of halogens is 4. The Morgan fingerprint density at radius 3 is 2.66 bits per heavy atom. The van der Waals surface area contributed by atoms with Gasteiger partial charge in [-0.15, -0.1) is 0 Å². The molecule has 7 nitrogen and oxygen atoms in total. The molecule has 11 heteroatoms. The first kappa shape index (κ1) is 21.1. The van der Waals surface area contributed by atoms with Crippen molar-refractivity contribution < 1.29 is 27.8 Å². The molecule has 1 aliphatic rings. The maximum atomic E-state index is 14.2. The number of carbonyl (C=O) groups is 1. The summed E-state index contributed by atoms with van der Waals surface area (Å²) in [6.45, 7) is 3.08. The van der Waals surface area contributed by atoms with Gasteiger partial charge in [0.25, 0.3) is 6.43 Å². The molecule has 1 aromatic heterocycles. The molecule has 1 aliphatic heterocycles. The van der Waals surface area contributed by atoms with Crippen LogP contribution >= 0.6 is 11.6 Å². The number of anilines is 2. The molecule has 0 spiro atoms. The fraction of sp³-hybridized carbons (Fsp3) is 0.389. The second-order valence-corrected chi connectivity index (χ2v) is 6.96. The normalized spacial score (nSPS) is 18.7. The van der Waals surface area contributed by atoms with Crippen LogP contribution in [-0.2, 0) is 4.74 Å². The monoisotopic (exact) mass is 430 g/mol. The zero-order valence-corrected chi connectivity index (χ0v) is 16.2. The minimum Gasteiger partial charge on any atom is -0.447 e. The van der Waals surface area contributed by atoms with E-state index in [1.54, 1.807) is 6.92 Å². The fourth-order valence-electron chi connectivity index (χ4n) is 2.95. The van der Waals surface area contributed by atoms with Gasteiger partial charge >= 0.3 is 6.09 Å². The zero-order chi connectivity index (χ0) is 21.3. The number of amides is 1. The van der Waals surface area contributed by atoms with E-state index >= 15 is 0 Å². The zero-order valence-electron chi connectivity index (χ0n) is 15.4. The van der Waals surface area contributed by atoms with E-state index in [-0.39, 0.29) is 29.1 Å². The number of aromatic nitrogens is 2. The third kappa shape index (κ3) is 4.54. The van der Waals surface area contributed by atoms with Crippen molar-refractivity contribution in [2.75, 3.05) is 16.8 Å². The highest BCUT2D eigenvalue weighted by Gasteiger charge is 2.38. The molecular formula is C18H18ClF3N4O3. The van der Waals surface area contributed by atoms with E-state index in [9.17, 15) is 23.1 Å². The number of carbonyl (C=O) groups excluding carboxylic acids is 1. The highest BCUT2D eigenvalue weighted by molar-refractivity contribution is 6.29. The van der Waals surface area contributed by atoms with Gasteiger partial charge in [0, 0.05) is 17.2 Å². The minimum atomic E-state index is -2.78. The van der Waals surface area contributed by atoms with Crippen LogP contribution in [0.1, 0.15) is 37.4 Å². The molecule has 1 amide bonds. The lowest BCUT2D eigenvalue weighted by Crippen LogP contribution is -2.41. The van der Waals surface area contributed by atoms with Crippen molar-refractivity contribution in [3.8, 4) is 0 Å². The number of hydrogen-bond acceptors (Lipinski definition) is 6. The van der Waals surface area contributed by atoms with E-state index in [0.717, 1.165) is 17.0 Å². The Balaban J connectivity index is 1.86. The molecule has 3 rings (SSSR count). The van der Waals surface area contributed by atoms with Crippen LogP contribution < -0.4 is 10.2 Å². The molecular weight excluding hydrogens is 413 g/mol. The predicted molar refractivity (Wildman–Crippen MR) is 99.7 cm³/mol. The molecule has 29 heavy (non-hydrogen) atoms. The number of nitrogens with one attached hydrogen (secondary N) is 1. The molecule has 3 atom stereocenters. The quantitative estimate of drug-likeness (QED) is 0.671. The maximum Gasteiger partial charge on any atom is 0.416 e. The van der Waals surface area contributed by atoms with Crippen LogP contribution in [0.25, 0.3) is 0 Å². The van der Waals surface area contributed by atoms with Gasteiger partial charge in [0.2, 0.25) is 5.95 Å². The van der Waals surface area contributed by atoms with Crippen molar-refractivity contribution in [2.24, 2.45) is 0 Å². The highest BCUT2D eigenvalue weighted by Crippen LogP contribution is 2.29. The first-order valence-corrected chi connectivity index (χ1v) is 9.08. The van der Waals surface area contributed by atoms with Crippen LogP contribution in [0.4, 0.5) is 29.7 Å². The van der Waals surface area contributed by atoms with Crippen LogP contribution in [0.15, 0.2) is 24.3 Å². The number of hydrogen-bond donors (Lipinski definition) is 2. The molecule has 1 fully saturated rings. The van der Waals surface area contributed by atoms with Gasteiger partial charge in [-0.25, -0.2) is 22.9 Å². The lowest BCUT2D eigenvalue weighted by atomic mass is 10.1. The Labute approximate surface area is 169 Å². The number of nitrogens with zero attached hydrogens (tertiary/aromatic N) is 3. The molecule has 2 heterocycles. The Hall–Kier alpha value is -2.59. The van der Waals surface area contributed by atoms with E-state index in [2.05, 4.69) is 15.3 Å². The number of aliphatic hydroxyl groups is 1. The number of cyclic esters (lactones) is 1. The molecule has 156 valence electrons. The van der Waals surface area contributed by atoms with Gasteiger partial charge in [-0.05, 0) is 19.9 Å². The summed E-state index contributed by atoms with van der Waals surface area (Å²) in [7, 11) is 0. The summed E-state index contributed by atoms with van der Waals surface area (Å²) >= 11 is 6.03. The van der Waals surface area contributed by atoms with Crippen LogP contribution in [-0.4, -0.2) is 39.9 Å². The van der Waals surface area contributed by atoms with Gasteiger partial charge in [-0.1, -0.05) is 23.7 Å². The van der Waals surface area contributed by atoms with Crippen molar-refractivity contribution in [3.63, 3.8) is 0 Å². The maximum absolute atomic E-state index is 14.2. The smallest absolute Gasteiger partial charge is 0.416 e. The number of ether oxygens (including phenoxy) is 1. The standard InChI is InChI=1S/C18H18ClF3N4O3/c1-8(11-4-3-10(16(21)22)5-12(11)20)23-17-24-14(19)6-15(25-17)26-13(9(2)27)7-29-18(26)28/h3-6,8-9,13,16,27H,7H2,1-2H3,(H,23,24,25)/t8-,9+,13+/m0/s1. The summed E-state index contributed by atoms with van der Waals surface area (Å²) in [5.41, 5.74) is -0.293. The Morgan fingerprint density at radius 2 is 2.03 bits per heavy atom. The summed E-state index contributed by atoms with van der Waals surface area (Å²) in [6.07, 6.45) is -4.35. The van der Waals surface area contributed by atoms with E-state index in [4.69, 9.17) is 16.3 Å². The van der Waals surface area contributed by atoms with Gasteiger partial charge in [0.15, 0.2) is 0 Å². The number of benzene rings is 1. The number of aliphatic hydroxyl groups excluding tert-OH is 1. The van der Waals surface area contributed by atoms with Crippen LogP contribution in [0, 0.1) is 5.82 Å². The molecule has 0 bridgehead atoms. The van der Waals surface area contributed by atoms with Gasteiger partial charge in [0.05, 0.1) is 12.1 Å². The van der Waals surface area contributed by atoms with Gasteiger partial charge in [-0.2, -0.15) is 4.98 Å². The second kappa shape index (κ2) is 8.42. The lowest BCUT2D eigenvalue weighted by Gasteiger charge is -2.23. The Bertz CT molecular complexity index is 916. The first-order valence-electron chi connectivity index (χ1n) is 8.70. The van der Waals surface area contributed by atoms with Crippen LogP contribution in [0.5, 0.6) is 0 Å². The van der Waals surface area contributed by atoms with Crippen molar-refractivity contribution in [2.45, 2.75) is 38.5 Å². The van der Waals surface area contributed by atoms with E-state index in [1.165, 1.54) is 19.1 Å². The summed E-state index contributed by atoms with van der Waals surface area (Å²) in [4.78, 5) is 21.4. The summed E-state index contributed by atoms with van der Waals surface area (Å²) in [5, 5.41) is 12.7. The highest BCUT2D eigenvalue weighted by atomic mass is 35.5. The molecule has 0 aliphatic carbocycles. The van der Waals surface area contributed by atoms with E-state index < -0.39 is 42.1 Å². The van der Waals surface area contributed by atoms with Crippen molar-refractivity contribution in [1.82, 2.24) is 9.97 Å². The topological polar surface area (TPSA) is 87.6 Å². The minimum absolute atomic E-state index is 0.00210. The van der Waals surface area contributed by atoms with E-state index in [1.807, 2.05) is 0 Å². The number of alkyl halides is 2. The van der Waals surface area contributed by atoms with Gasteiger partial charge < -0.3 is 15.2 Å². The Kier molecular flexibility index (Phi) is 6.13. The average Bonchev–Trinajstić information content (AvgIpc) is 3.02. The van der Waals surface area contributed by atoms with E-state index in [0.29, 0.717) is 0 Å². The molecule has 0 unspecified atom stereocenters. The average molecular weight is 431 g/mol. The molecule has 2 N–H and O–H groups in total. The van der Waals surface area contributed by atoms with Crippen molar-refractivity contribution in [1.29, 1.82) is 0 Å². The predicted octanol–water partition coefficient (Wildman–Crippen LogP) is 4.09. The largest absolute Gasteiger partial charge is 0.447 e. The number of rotatable bonds is 6. The molecule has 1 aromatic carbocycles. The second-order valence-electron chi connectivity index (χ2n) is 6.58. The molecule has 1 saturated heterocycles. The molecule has 0 saturated carbocycles. The van der Waals surface area contributed by atoms with Gasteiger partial charge in [0.1, 0.15) is 29.4 Å². The molecule has 0 radical (unpaired) electrons.